The van der Waals surface area contributed by atoms with Crippen LogP contribution in [0.25, 0.3) is 22.3 Å². The highest BCUT2D eigenvalue weighted by atomic mass is 35.5. The Hall–Kier alpha value is -3.84. The number of thioether (sulfide) groups is 1. The van der Waals surface area contributed by atoms with E-state index in [0.717, 1.165) is 9.78 Å². The fraction of sp³-hybridized carbons (Fsp3) is 0.207. The molecule has 3 N–H and O–H groups in total. The van der Waals surface area contributed by atoms with Gasteiger partial charge in [-0.25, -0.2) is 9.78 Å². The van der Waals surface area contributed by atoms with Gasteiger partial charge in [0, 0.05) is 20.5 Å². The maximum absolute atomic E-state index is 12.8. The first-order valence-electron chi connectivity index (χ1n) is 12.9. The zero-order valence-corrected chi connectivity index (χ0v) is 25.6. The van der Waals surface area contributed by atoms with Gasteiger partial charge >= 0.3 is 5.97 Å². The van der Waals surface area contributed by atoms with Gasteiger partial charge in [-0.05, 0) is 60.2 Å². The highest BCUT2D eigenvalue weighted by Gasteiger charge is 2.40. The second-order valence-corrected chi connectivity index (χ2v) is 12.5. The molecule has 1 aliphatic heterocycles. The van der Waals surface area contributed by atoms with Crippen molar-refractivity contribution in [2.24, 2.45) is 0 Å². The van der Waals surface area contributed by atoms with E-state index in [4.69, 9.17) is 27.9 Å². The molecule has 2 aromatic heterocycles. The number of carboxylic acids is 1. The molecule has 3 atom stereocenters. The molecule has 5 rings (SSSR count). The van der Waals surface area contributed by atoms with Gasteiger partial charge in [0.15, 0.2) is 6.04 Å². The van der Waals surface area contributed by atoms with E-state index >= 15 is 0 Å². The van der Waals surface area contributed by atoms with Crippen LogP contribution in [0.2, 0.25) is 10.0 Å². The number of benzene rings is 2. The zero-order valence-electron chi connectivity index (χ0n) is 22.5. The van der Waals surface area contributed by atoms with Gasteiger partial charge < -0.3 is 25.0 Å². The molecule has 10 nitrogen and oxygen atoms in total. The number of aromatic amines is 1. The predicted molar refractivity (Wildman–Crippen MR) is 168 cm³/mol. The average Bonchev–Trinajstić information content (AvgIpc) is 3.48. The van der Waals surface area contributed by atoms with Gasteiger partial charge in [-0.1, -0.05) is 29.3 Å². The van der Waals surface area contributed by atoms with Crippen LogP contribution in [0.15, 0.2) is 69.7 Å². The molecule has 2 amide bonds. The first kappa shape index (κ1) is 30.6. The van der Waals surface area contributed by atoms with Crippen LogP contribution in [0.4, 0.5) is 0 Å². The van der Waals surface area contributed by atoms with Crippen molar-refractivity contribution in [2.75, 3.05) is 6.61 Å². The third kappa shape index (κ3) is 6.88. The van der Waals surface area contributed by atoms with Gasteiger partial charge in [0.2, 0.25) is 12.3 Å². The van der Waals surface area contributed by atoms with Crippen molar-refractivity contribution in [3.8, 4) is 17.1 Å². The maximum Gasteiger partial charge on any atom is 0.330 e. The molecular weight excluding hydrogens is 635 g/mol. The molecule has 0 fully saturated rings. The number of halogens is 2. The van der Waals surface area contributed by atoms with Gasteiger partial charge in [0.25, 0.3) is 5.56 Å². The molecule has 3 unspecified atom stereocenters. The van der Waals surface area contributed by atoms with Crippen molar-refractivity contribution < 1.29 is 24.2 Å². The summed E-state index contributed by atoms with van der Waals surface area (Å²) in [6.45, 7) is 1.53. The molecule has 0 bridgehead atoms. The minimum absolute atomic E-state index is 0.187. The number of aromatic nitrogens is 2. The molecule has 0 saturated carbocycles. The summed E-state index contributed by atoms with van der Waals surface area (Å²) in [6.07, 6.45) is 0.654. The number of carbonyl (C=O) groups is 3. The third-order valence-electron chi connectivity index (χ3n) is 6.65. The summed E-state index contributed by atoms with van der Waals surface area (Å²) in [7, 11) is 0. The van der Waals surface area contributed by atoms with E-state index in [-0.39, 0.29) is 30.5 Å². The topological polar surface area (TPSA) is 142 Å². The second-order valence-electron chi connectivity index (χ2n) is 9.63. The lowest BCUT2D eigenvalue weighted by atomic mass is 10.1. The van der Waals surface area contributed by atoms with E-state index in [2.05, 4.69) is 15.3 Å². The molecule has 0 aliphatic carbocycles. The summed E-state index contributed by atoms with van der Waals surface area (Å²) in [5.74, 6) is -1.00. The molecule has 3 heterocycles. The Morgan fingerprint density at radius 2 is 1.98 bits per heavy atom. The van der Waals surface area contributed by atoms with Crippen molar-refractivity contribution in [3.05, 3.63) is 90.2 Å². The Morgan fingerprint density at radius 1 is 1.21 bits per heavy atom. The van der Waals surface area contributed by atoms with E-state index in [0.29, 0.717) is 38.5 Å². The number of rotatable bonds is 10. The Labute approximate surface area is 263 Å². The first-order chi connectivity index (χ1) is 20.6. The molecule has 0 radical (unpaired) electrons. The number of aliphatic carboxylic acids is 1. The number of carboxylic acid groups (broad SMARTS) is 1. The fourth-order valence-corrected chi connectivity index (χ4v) is 6.86. The Morgan fingerprint density at radius 3 is 2.70 bits per heavy atom. The number of nitrogens with one attached hydrogen (secondary N) is 2. The van der Waals surface area contributed by atoms with Gasteiger partial charge in [0.1, 0.15) is 23.6 Å². The number of amides is 2. The Balaban J connectivity index is 1.37. The smallest absolute Gasteiger partial charge is 0.330 e. The van der Waals surface area contributed by atoms with Crippen molar-refractivity contribution >= 4 is 75.5 Å². The molecule has 2 aromatic carbocycles. The number of nitrogens with zero attached hydrogens (tertiary/aromatic N) is 2. The highest BCUT2D eigenvalue weighted by Crippen LogP contribution is 2.35. The number of fused-ring (bicyclic) bond motifs is 1. The van der Waals surface area contributed by atoms with Gasteiger partial charge in [-0.2, -0.15) is 0 Å². The van der Waals surface area contributed by atoms with Crippen molar-refractivity contribution in [1.82, 2.24) is 20.2 Å². The molecule has 222 valence electrons. The van der Waals surface area contributed by atoms with E-state index in [9.17, 15) is 24.3 Å². The summed E-state index contributed by atoms with van der Waals surface area (Å²) in [6, 6.07) is 11.3. The van der Waals surface area contributed by atoms with Crippen LogP contribution < -0.4 is 15.6 Å². The Bertz CT molecular complexity index is 1780. The lowest BCUT2D eigenvalue weighted by Gasteiger charge is -2.39. The molecule has 0 saturated heterocycles. The van der Waals surface area contributed by atoms with E-state index in [1.165, 1.54) is 29.2 Å². The van der Waals surface area contributed by atoms with E-state index < -0.39 is 29.0 Å². The third-order valence-corrected chi connectivity index (χ3v) is 9.36. The largest absolute Gasteiger partial charge is 0.488 e. The van der Waals surface area contributed by atoms with E-state index in [1.54, 1.807) is 42.7 Å². The number of H-pyrrole nitrogens is 1. The van der Waals surface area contributed by atoms with Crippen LogP contribution in [0.1, 0.15) is 11.8 Å². The Kier molecular flexibility index (Phi) is 9.40. The second kappa shape index (κ2) is 13.2. The molecule has 4 aromatic rings. The zero-order chi connectivity index (χ0) is 30.7. The average molecular weight is 660 g/mol. The van der Waals surface area contributed by atoms with Crippen LogP contribution >= 0.6 is 46.3 Å². The number of hydrogen-bond acceptors (Lipinski definition) is 8. The highest BCUT2D eigenvalue weighted by molar-refractivity contribution is 8.02. The molecular formula is C29H24Cl2N4O6S2. The van der Waals surface area contributed by atoms with E-state index in [1.807, 2.05) is 17.5 Å². The SMILES string of the molecule is CC(NC(=O)Cc1cccs1)C1SC=C(COc2ccc(Cl)cc2-c2nc3ccc(Cl)cc3c(=O)[nH]2)C(C(=O)O)N1C=O. The lowest BCUT2D eigenvalue weighted by molar-refractivity contribution is -0.145. The fourth-order valence-electron chi connectivity index (χ4n) is 4.69. The molecule has 0 spiro atoms. The summed E-state index contributed by atoms with van der Waals surface area (Å²) in [4.78, 5) is 59.2. The predicted octanol–water partition coefficient (Wildman–Crippen LogP) is 4.95. The van der Waals surface area contributed by atoms with Gasteiger partial charge in [0.05, 0.1) is 28.9 Å². The van der Waals surface area contributed by atoms with Crippen LogP contribution in [0.3, 0.4) is 0 Å². The maximum atomic E-state index is 12.8. The number of carbonyl (C=O) groups excluding carboxylic acids is 2. The van der Waals surface area contributed by atoms with Gasteiger partial charge in [-0.3, -0.25) is 14.4 Å². The lowest BCUT2D eigenvalue weighted by Crippen LogP contribution is -2.56. The summed E-state index contributed by atoms with van der Waals surface area (Å²) in [5.41, 5.74) is 0.698. The standard InChI is InChI=1S/C29H24Cl2N4O6S2/c1-15(32-24(37)11-19-3-2-8-42-19)28-35(14-36)25(29(39)40)16(13-43-28)12-41-23-7-5-18(31)10-21(23)26-33-22-6-4-17(30)9-20(22)27(38)34-26/h2-10,13-15,25,28H,11-12H2,1H3,(H,32,37)(H,39,40)(H,33,34,38). The van der Waals surface area contributed by atoms with Gasteiger partial charge in [-0.15, -0.1) is 23.1 Å². The van der Waals surface area contributed by atoms with Crippen molar-refractivity contribution in [1.29, 1.82) is 0 Å². The summed E-state index contributed by atoms with van der Waals surface area (Å²) < 4.78 is 6.05. The molecule has 1 aliphatic rings. The normalized spacial score (nSPS) is 17.3. The minimum Gasteiger partial charge on any atom is -0.488 e. The van der Waals surface area contributed by atoms with Crippen LogP contribution in [0.5, 0.6) is 5.75 Å². The minimum atomic E-state index is -1.33. The van der Waals surface area contributed by atoms with Crippen molar-refractivity contribution in [2.45, 2.75) is 30.8 Å². The summed E-state index contributed by atoms with van der Waals surface area (Å²) in [5, 5.41) is 16.9. The molecule has 43 heavy (non-hydrogen) atoms. The van der Waals surface area contributed by atoms with Crippen LogP contribution in [-0.4, -0.2) is 62.3 Å². The van der Waals surface area contributed by atoms with Crippen molar-refractivity contribution in [3.63, 3.8) is 0 Å². The first-order valence-corrected chi connectivity index (χ1v) is 15.5. The number of thiophene rings is 1. The van der Waals surface area contributed by atoms with Crippen LogP contribution in [-0.2, 0) is 20.8 Å². The quantitative estimate of drug-likeness (QED) is 0.203. The summed E-state index contributed by atoms with van der Waals surface area (Å²) >= 11 is 15.0. The van der Waals surface area contributed by atoms with Crippen LogP contribution in [0, 0.1) is 0 Å². The monoisotopic (exact) mass is 658 g/mol. The molecule has 14 heteroatoms. The number of hydrogen-bond donors (Lipinski definition) is 3. The number of ether oxygens (including phenoxy) is 1.